The van der Waals surface area contributed by atoms with Gasteiger partial charge < -0.3 is 15.5 Å². The molecule has 1 aliphatic rings. The van der Waals surface area contributed by atoms with Gasteiger partial charge in [0, 0.05) is 35.7 Å². The van der Waals surface area contributed by atoms with Crippen LogP contribution in [0.25, 0.3) is 0 Å². The molecule has 2 heterocycles. The standard InChI is InChI=1S/C21H22N6O/c1-15(28)16-4-6-18(7-5-16)24-21-25-20(14-22-26-21)23-17-8-10-19(11-9-17)27-12-2-3-13-27/h4-11,14H,2-3,12-13H2,1H3,(H2,23,24,25,26). The van der Waals surface area contributed by atoms with Crippen molar-refractivity contribution in [3.63, 3.8) is 0 Å². The van der Waals surface area contributed by atoms with Crippen LogP contribution in [0.2, 0.25) is 0 Å². The van der Waals surface area contributed by atoms with E-state index in [1.807, 2.05) is 24.3 Å². The molecular formula is C21H22N6O. The number of ketones is 1. The molecule has 4 rings (SSSR count). The summed E-state index contributed by atoms with van der Waals surface area (Å²) in [4.78, 5) is 18.2. The van der Waals surface area contributed by atoms with Crippen molar-refractivity contribution in [1.29, 1.82) is 0 Å². The number of hydrogen-bond donors (Lipinski definition) is 2. The summed E-state index contributed by atoms with van der Waals surface area (Å²) in [5, 5.41) is 14.4. The summed E-state index contributed by atoms with van der Waals surface area (Å²) in [6, 6.07) is 15.5. The highest BCUT2D eigenvalue weighted by molar-refractivity contribution is 5.94. The highest BCUT2D eigenvalue weighted by Gasteiger charge is 2.12. The predicted octanol–water partition coefficient (Wildman–Crippen LogP) is 4.16. The van der Waals surface area contributed by atoms with E-state index in [-0.39, 0.29) is 5.78 Å². The zero-order valence-corrected chi connectivity index (χ0v) is 15.7. The number of nitrogens with one attached hydrogen (secondary N) is 2. The summed E-state index contributed by atoms with van der Waals surface area (Å²) in [6.07, 6.45) is 4.11. The van der Waals surface area contributed by atoms with Crippen molar-refractivity contribution in [1.82, 2.24) is 15.2 Å². The number of carbonyl (C=O) groups excluding carboxylic acids is 1. The average molecular weight is 374 g/mol. The van der Waals surface area contributed by atoms with Gasteiger partial charge in [0.05, 0.1) is 6.20 Å². The molecule has 0 spiro atoms. The second-order valence-corrected chi connectivity index (χ2v) is 6.79. The highest BCUT2D eigenvalue weighted by atomic mass is 16.1. The van der Waals surface area contributed by atoms with E-state index < -0.39 is 0 Å². The van der Waals surface area contributed by atoms with Crippen LogP contribution < -0.4 is 15.5 Å². The van der Waals surface area contributed by atoms with Crippen molar-refractivity contribution in [2.24, 2.45) is 0 Å². The predicted molar refractivity (Wildman–Crippen MR) is 111 cm³/mol. The van der Waals surface area contributed by atoms with Crippen molar-refractivity contribution < 1.29 is 4.79 Å². The molecule has 0 amide bonds. The number of benzene rings is 2. The third-order valence-electron chi connectivity index (χ3n) is 4.72. The SMILES string of the molecule is CC(=O)c1ccc(Nc2nncc(Nc3ccc(N4CCCC4)cc3)n2)cc1. The second-order valence-electron chi connectivity index (χ2n) is 6.79. The van der Waals surface area contributed by atoms with E-state index >= 15 is 0 Å². The van der Waals surface area contributed by atoms with Crippen LogP contribution in [0, 0.1) is 0 Å². The Labute approximate surface area is 163 Å². The minimum absolute atomic E-state index is 0.0337. The van der Waals surface area contributed by atoms with Gasteiger partial charge in [-0.25, -0.2) is 0 Å². The molecule has 0 atom stereocenters. The summed E-state index contributed by atoms with van der Waals surface area (Å²) in [5.41, 5.74) is 3.65. The summed E-state index contributed by atoms with van der Waals surface area (Å²) < 4.78 is 0. The molecule has 7 nitrogen and oxygen atoms in total. The summed E-state index contributed by atoms with van der Waals surface area (Å²) in [5.74, 6) is 1.02. The number of rotatable bonds is 6. The van der Waals surface area contributed by atoms with Gasteiger partial charge >= 0.3 is 0 Å². The molecule has 0 saturated carbocycles. The van der Waals surface area contributed by atoms with Gasteiger partial charge in [-0.2, -0.15) is 10.1 Å². The molecule has 0 aliphatic carbocycles. The van der Waals surface area contributed by atoms with Gasteiger partial charge in [-0.3, -0.25) is 4.79 Å². The van der Waals surface area contributed by atoms with Crippen molar-refractivity contribution in [2.75, 3.05) is 28.6 Å². The van der Waals surface area contributed by atoms with E-state index in [2.05, 4.69) is 42.8 Å². The van der Waals surface area contributed by atoms with Gasteiger partial charge in [0.1, 0.15) is 0 Å². The highest BCUT2D eigenvalue weighted by Crippen LogP contribution is 2.23. The van der Waals surface area contributed by atoms with Crippen molar-refractivity contribution in [2.45, 2.75) is 19.8 Å². The average Bonchev–Trinajstić information content (AvgIpc) is 3.24. The fourth-order valence-corrected chi connectivity index (χ4v) is 3.21. The third-order valence-corrected chi connectivity index (χ3v) is 4.72. The number of nitrogens with zero attached hydrogens (tertiary/aromatic N) is 4. The molecule has 0 bridgehead atoms. The molecule has 142 valence electrons. The fourth-order valence-electron chi connectivity index (χ4n) is 3.21. The van der Waals surface area contributed by atoms with Crippen LogP contribution in [-0.2, 0) is 0 Å². The lowest BCUT2D eigenvalue weighted by molar-refractivity contribution is 0.101. The number of anilines is 5. The van der Waals surface area contributed by atoms with E-state index in [0.717, 1.165) is 24.5 Å². The van der Waals surface area contributed by atoms with Crippen molar-refractivity contribution >= 4 is 34.6 Å². The number of hydrogen-bond acceptors (Lipinski definition) is 7. The molecule has 3 aromatic rings. The van der Waals surface area contributed by atoms with Gasteiger partial charge in [-0.05, 0) is 68.3 Å². The first kappa shape index (κ1) is 17.9. The van der Waals surface area contributed by atoms with E-state index in [9.17, 15) is 4.79 Å². The Bertz CT molecular complexity index is 949. The van der Waals surface area contributed by atoms with Crippen LogP contribution in [0.4, 0.5) is 28.8 Å². The lowest BCUT2D eigenvalue weighted by atomic mass is 10.1. The minimum atomic E-state index is 0.0337. The molecule has 0 unspecified atom stereocenters. The minimum Gasteiger partial charge on any atom is -0.372 e. The van der Waals surface area contributed by atoms with Gasteiger partial charge in [-0.1, -0.05) is 0 Å². The van der Waals surface area contributed by atoms with E-state index in [1.54, 1.807) is 25.3 Å². The molecule has 2 aromatic carbocycles. The summed E-state index contributed by atoms with van der Waals surface area (Å²) >= 11 is 0. The maximum absolute atomic E-state index is 11.4. The van der Waals surface area contributed by atoms with Crippen LogP contribution in [0.15, 0.2) is 54.7 Å². The van der Waals surface area contributed by atoms with Crippen LogP contribution in [0.5, 0.6) is 0 Å². The Balaban J connectivity index is 1.42. The smallest absolute Gasteiger partial charge is 0.249 e. The van der Waals surface area contributed by atoms with Crippen molar-refractivity contribution in [3.8, 4) is 0 Å². The number of aromatic nitrogens is 3. The van der Waals surface area contributed by atoms with Gasteiger partial charge in [0.2, 0.25) is 5.95 Å². The zero-order valence-electron chi connectivity index (χ0n) is 15.7. The summed E-state index contributed by atoms with van der Waals surface area (Å²) in [6.45, 7) is 3.80. The maximum atomic E-state index is 11.4. The molecular weight excluding hydrogens is 352 g/mol. The maximum Gasteiger partial charge on any atom is 0.249 e. The van der Waals surface area contributed by atoms with Crippen LogP contribution in [0.3, 0.4) is 0 Å². The quantitative estimate of drug-likeness (QED) is 0.627. The Hall–Kier alpha value is -3.48. The lowest BCUT2D eigenvalue weighted by Crippen LogP contribution is -2.17. The second kappa shape index (κ2) is 8.04. The van der Waals surface area contributed by atoms with E-state index in [4.69, 9.17) is 0 Å². The largest absolute Gasteiger partial charge is 0.372 e. The normalized spacial score (nSPS) is 13.4. The topological polar surface area (TPSA) is 83.0 Å². The molecule has 7 heteroatoms. The Kier molecular flexibility index (Phi) is 5.14. The van der Waals surface area contributed by atoms with Gasteiger partial charge in [-0.15, -0.1) is 5.10 Å². The molecule has 28 heavy (non-hydrogen) atoms. The monoisotopic (exact) mass is 374 g/mol. The number of carbonyl (C=O) groups is 1. The van der Waals surface area contributed by atoms with Gasteiger partial charge in [0.15, 0.2) is 11.6 Å². The zero-order chi connectivity index (χ0) is 19.3. The lowest BCUT2D eigenvalue weighted by Gasteiger charge is -2.17. The molecule has 1 aliphatic heterocycles. The Morgan fingerprint density at radius 2 is 1.57 bits per heavy atom. The molecule has 1 saturated heterocycles. The van der Waals surface area contributed by atoms with Crippen LogP contribution >= 0.6 is 0 Å². The molecule has 2 N–H and O–H groups in total. The molecule has 1 aromatic heterocycles. The Morgan fingerprint density at radius 3 is 2.25 bits per heavy atom. The van der Waals surface area contributed by atoms with E-state index in [1.165, 1.54) is 18.5 Å². The van der Waals surface area contributed by atoms with E-state index in [0.29, 0.717) is 17.3 Å². The summed E-state index contributed by atoms with van der Waals surface area (Å²) in [7, 11) is 0. The molecule has 1 fully saturated rings. The van der Waals surface area contributed by atoms with Gasteiger partial charge in [0.25, 0.3) is 0 Å². The van der Waals surface area contributed by atoms with Crippen LogP contribution in [0.1, 0.15) is 30.1 Å². The third kappa shape index (κ3) is 4.25. The first-order chi connectivity index (χ1) is 13.7. The number of Topliss-reactive ketones (excluding diaryl/α,β-unsaturated/α-hetero) is 1. The Morgan fingerprint density at radius 1 is 0.929 bits per heavy atom. The van der Waals surface area contributed by atoms with Crippen LogP contribution in [-0.4, -0.2) is 34.1 Å². The van der Waals surface area contributed by atoms with Crippen molar-refractivity contribution in [3.05, 3.63) is 60.3 Å². The first-order valence-electron chi connectivity index (χ1n) is 9.37. The first-order valence-corrected chi connectivity index (χ1v) is 9.37. The fraction of sp³-hybridized carbons (Fsp3) is 0.238. The molecule has 0 radical (unpaired) electrons.